The van der Waals surface area contributed by atoms with Crippen LogP contribution in [0.15, 0.2) is 66.7 Å². The standard InChI is InChI=1S/C29H32F3NO2/c1-21-16-23(8-9-27(21)34-2)24-17-22(18-26(19-24)29(30,31)32)20-35-15-12-28(10-13-33-14-11-28)25-6-4-3-5-7-25/h3-9,16-19,33H,10-15,20H2,1-2H3. The maximum Gasteiger partial charge on any atom is 0.416 e. The van der Waals surface area contributed by atoms with Crippen LogP contribution in [0.3, 0.4) is 0 Å². The van der Waals surface area contributed by atoms with Crippen LogP contribution in [0, 0.1) is 6.92 Å². The molecule has 0 unspecified atom stereocenters. The summed E-state index contributed by atoms with van der Waals surface area (Å²) in [4.78, 5) is 0. The first-order chi connectivity index (χ1) is 16.8. The number of aryl methyl sites for hydroxylation is 1. The Hall–Kier alpha value is -2.83. The molecule has 35 heavy (non-hydrogen) atoms. The number of benzene rings is 3. The van der Waals surface area contributed by atoms with Crippen molar-refractivity contribution < 1.29 is 22.6 Å². The minimum atomic E-state index is -4.43. The molecule has 186 valence electrons. The summed E-state index contributed by atoms with van der Waals surface area (Å²) in [5.41, 5.74) is 3.29. The van der Waals surface area contributed by atoms with Gasteiger partial charge >= 0.3 is 6.18 Å². The van der Waals surface area contributed by atoms with Crippen molar-refractivity contribution in [2.75, 3.05) is 26.8 Å². The molecule has 0 atom stereocenters. The van der Waals surface area contributed by atoms with Crippen LogP contribution < -0.4 is 10.1 Å². The van der Waals surface area contributed by atoms with Gasteiger partial charge in [-0.3, -0.25) is 0 Å². The zero-order chi connectivity index (χ0) is 24.9. The third-order valence-corrected chi connectivity index (χ3v) is 6.99. The van der Waals surface area contributed by atoms with Crippen molar-refractivity contribution in [2.45, 2.75) is 44.4 Å². The van der Waals surface area contributed by atoms with Gasteiger partial charge in [-0.15, -0.1) is 0 Å². The van der Waals surface area contributed by atoms with E-state index >= 15 is 0 Å². The largest absolute Gasteiger partial charge is 0.496 e. The van der Waals surface area contributed by atoms with E-state index in [0.717, 1.165) is 37.9 Å². The van der Waals surface area contributed by atoms with Gasteiger partial charge in [-0.2, -0.15) is 13.2 Å². The molecule has 0 bridgehead atoms. The van der Waals surface area contributed by atoms with Crippen LogP contribution in [0.25, 0.3) is 11.1 Å². The molecule has 1 saturated heterocycles. The Morgan fingerprint density at radius 3 is 2.31 bits per heavy atom. The molecule has 4 rings (SSSR count). The smallest absolute Gasteiger partial charge is 0.416 e. The van der Waals surface area contributed by atoms with E-state index in [4.69, 9.17) is 9.47 Å². The number of alkyl halides is 3. The van der Waals surface area contributed by atoms with Gasteiger partial charge in [-0.1, -0.05) is 36.4 Å². The Kier molecular flexibility index (Phi) is 7.82. The lowest BCUT2D eigenvalue weighted by Crippen LogP contribution is -2.40. The second-order valence-corrected chi connectivity index (χ2v) is 9.30. The van der Waals surface area contributed by atoms with Crippen molar-refractivity contribution in [3.8, 4) is 16.9 Å². The first kappa shape index (κ1) is 25.3. The third kappa shape index (κ3) is 6.06. The van der Waals surface area contributed by atoms with Gasteiger partial charge in [0.1, 0.15) is 5.75 Å². The molecule has 0 amide bonds. The molecule has 0 aliphatic carbocycles. The topological polar surface area (TPSA) is 30.5 Å². The van der Waals surface area contributed by atoms with Crippen LogP contribution in [0.5, 0.6) is 5.75 Å². The molecule has 0 spiro atoms. The summed E-state index contributed by atoms with van der Waals surface area (Å²) in [5, 5.41) is 3.42. The molecule has 1 heterocycles. The fraction of sp³-hybridized carbons (Fsp3) is 0.379. The van der Waals surface area contributed by atoms with Gasteiger partial charge in [0.05, 0.1) is 19.3 Å². The van der Waals surface area contributed by atoms with Gasteiger partial charge in [0, 0.05) is 6.61 Å². The van der Waals surface area contributed by atoms with Crippen molar-refractivity contribution in [2.24, 2.45) is 0 Å². The first-order valence-corrected chi connectivity index (χ1v) is 12.0. The van der Waals surface area contributed by atoms with Gasteiger partial charge in [0.2, 0.25) is 0 Å². The quantitative estimate of drug-likeness (QED) is 0.353. The monoisotopic (exact) mass is 483 g/mol. The summed E-state index contributed by atoms with van der Waals surface area (Å²) >= 11 is 0. The fourth-order valence-electron chi connectivity index (χ4n) is 5.00. The first-order valence-electron chi connectivity index (χ1n) is 12.0. The maximum absolute atomic E-state index is 13.7. The van der Waals surface area contributed by atoms with Crippen molar-refractivity contribution in [1.82, 2.24) is 5.32 Å². The molecule has 1 fully saturated rings. The highest BCUT2D eigenvalue weighted by Crippen LogP contribution is 2.37. The van der Waals surface area contributed by atoms with Crippen LogP contribution in [0.1, 0.15) is 41.5 Å². The van der Waals surface area contributed by atoms with Crippen molar-refractivity contribution in [3.05, 3.63) is 89.0 Å². The van der Waals surface area contributed by atoms with Crippen LogP contribution >= 0.6 is 0 Å². The van der Waals surface area contributed by atoms with E-state index in [9.17, 15) is 13.2 Å². The number of rotatable bonds is 8. The fourth-order valence-corrected chi connectivity index (χ4v) is 5.00. The Balaban J connectivity index is 1.50. The number of piperidine rings is 1. The highest BCUT2D eigenvalue weighted by Gasteiger charge is 2.34. The number of halogens is 3. The predicted octanol–water partition coefficient (Wildman–Crippen LogP) is 6.92. The summed E-state index contributed by atoms with van der Waals surface area (Å²) < 4.78 is 52.3. The molecule has 6 heteroatoms. The molecule has 0 saturated carbocycles. The molecular weight excluding hydrogens is 451 g/mol. The maximum atomic E-state index is 13.7. The summed E-state index contributed by atoms with van der Waals surface area (Å²) in [5.74, 6) is 0.703. The van der Waals surface area contributed by atoms with Crippen molar-refractivity contribution >= 4 is 0 Å². The number of hydrogen-bond acceptors (Lipinski definition) is 3. The van der Waals surface area contributed by atoms with Gasteiger partial charge < -0.3 is 14.8 Å². The summed E-state index contributed by atoms with van der Waals surface area (Å²) in [6.07, 6.45) is -1.56. The summed E-state index contributed by atoms with van der Waals surface area (Å²) in [6.45, 7) is 4.40. The van der Waals surface area contributed by atoms with Gasteiger partial charge in [-0.25, -0.2) is 0 Å². The number of hydrogen-bond donors (Lipinski definition) is 1. The lowest BCUT2D eigenvalue weighted by molar-refractivity contribution is -0.137. The Morgan fingerprint density at radius 2 is 1.66 bits per heavy atom. The SMILES string of the molecule is COc1ccc(-c2cc(COCCC3(c4ccccc4)CCNCC3)cc(C(F)(F)F)c2)cc1C. The van der Waals surface area contributed by atoms with E-state index in [1.165, 1.54) is 17.7 Å². The second-order valence-electron chi connectivity index (χ2n) is 9.30. The number of ether oxygens (including phenoxy) is 2. The Labute approximate surface area is 205 Å². The average molecular weight is 484 g/mol. The molecule has 3 aromatic carbocycles. The van der Waals surface area contributed by atoms with Crippen LogP contribution in [-0.4, -0.2) is 26.8 Å². The molecule has 3 nitrogen and oxygen atoms in total. The Bertz CT molecular complexity index is 1120. The van der Waals surface area contributed by atoms with Crippen LogP contribution in [0.2, 0.25) is 0 Å². The average Bonchev–Trinajstić information content (AvgIpc) is 2.87. The van der Waals surface area contributed by atoms with Crippen molar-refractivity contribution in [1.29, 1.82) is 0 Å². The van der Waals surface area contributed by atoms with Crippen LogP contribution in [-0.2, 0) is 22.9 Å². The zero-order valence-electron chi connectivity index (χ0n) is 20.3. The van der Waals surface area contributed by atoms with E-state index in [2.05, 4.69) is 29.6 Å². The lowest BCUT2D eigenvalue weighted by Gasteiger charge is -2.38. The molecule has 1 aliphatic heterocycles. The van der Waals surface area contributed by atoms with E-state index in [0.29, 0.717) is 29.0 Å². The molecule has 0 aromatic heterocycles. The second kappa shape index (κ2) is 10.8. The number of nitrogens with one attached hydrogen (secondary N) is 1. The van der Waals surface area contributed by atoms with E-state index < -0.39 is 11.7 Å². The van der Waals surface area contributed by atoms with E-state index in [1.807, 2.05) is 19.1 Å². The molecule has 1 aliphatic rings. The predicted molar refractivity (Wildman–Crippen MR) is 133 cm³/mol. The normalized spacial score (nSPS) is 15.7. The van der Waals surface area contributed by atoms with Gasteiger partial charge in [-0.05, 0) is 103 Å². The molecule has 0 radical (unpaired) electrons. The third-order valence-electron chi connectivity index (χ3n) is 6.99. The molecule has 3 aromatic rings. The minimum Gasteiger partial charge on any atom is -0.496 e. The highest BCUT2D eigenvalue weighted by atomic mass is 19.4. The zero-order valence-corrected chi connectivity index (χ0v) is 20.3. The lowest BCUT2D eigenvalue weighted by atomic mass is 9.71. The summed E-state index contributed by atoms with van der Waals surface area (Å²) in [7, 11) is 1.58. The van der Waals surface area contributed by atoms with Gasteiger partial charge in [0.25, 0.3) is 0 Å². The van der Waals surface area contributed by atoms with Crippen molar-refractivity contribution in [3.63, 3.8) is 0 Å². The van der Waals surface area contributed by atoms with Crippen LogP contribution in [0.4, 0.5) is 13.2 Å². The molecule has 1 N–H and O–H groups in total. The van der Waals surface area contributed by atoms with Gasteiger partial charge in [0.15, 0.2) is 0 Å². The minimum absolute atomic E-state index is 0.0338. The highest BCUT2D eigenvalue weighted by molar-refractivity contribution is 5.67. The van der Waals surface area contributed by atoms with E-state index in [-0.39, 0.29) is 12.0 Å². The van der Waals surface area contributed by atoms with E-state index in [1.54, 1.807) is 25.3 Å². The number of methoxy groups -OCH3 is 1. The molecular formula is C29H32F3NO2. The summed E-state index contributed by atoms with van der Waals surface area (Å²) in [6, 6.07) is 20.1. The Morgan fingerprint density at radius 1 is 0.914 bits per heavy atom.